The van der Waals surface area contributed by atoms with E-state index in [4.69, 9.17) is 10.8 Å². The summed E-state index contributed by atoms with van der Waals surface area (Å²) in [5.41, 5.74) is 5.65. The molecule has 1 rings (SSSR count). The van der Waals surface area contributed by atoms with Gasteiger partial charge in [-0.3, -0.25) is 9.59 Å². The minimum atomic E-state index is -0.856. The Labute approximate surface area is 102 Å². The van der Waals surface area contributed by atoms with E-state index in [1.807, 2.05) is 0 Å². The number of nitrogens with one attached hydrogen (secondary N) is 1. The van der Waals surface area contributed by atoms with E-state index < -0.39 is 11.9 Å². The molecule has 5 nitrogen and oxygen atoms in total. The third-order valence-corrected chi connectivity index (χ3v) is 3.77. The number of rotatable bonds is 7. The Hall–Kier alpha value is -1.10. The zero-order chi connectivity index (χ0) is 12.9. The summed E-state index contributed by atoms with van der Waals surface area (Å²) in [6.07, 6.45) is 4.11. The van der Waals surface area contributed by atoms with Gasteiger partial charge in [-0.05, 0) is 31.2 Å². The van der Waals surface area contributed by atoms with E-state index in [9.17, 15) is 9.59 Å². The predicted octanol–water partition coefficient (Wildman–Crippen LogP) is 0.733. The van der Waals surface area contributed by atoms with Crippen molar-refractivity contribution in [2.75, 3.05) is 13.1 Å². The summed E-state index contributed by atoms with van der Waals surface area (Å²) in [4.78, 5) is 22.5. The molecule has 17 heavy (non-hydrogen) atoms. The van der Waals surface area contributed by atoms with Crippen LogP contribution in [0.25, 0.3) is 0 Å². The van der Waals surface area contributed by atoms with Gasteiger partial charge in [-0.2, -0.15) is 0 Å². The van der Waals surface area contributed by atoms with Gasteiger partial charge >= 0.3 is 5.97 Å². The number of hydrogen-bond acceptors (Lipinski definition) is 3. The van der Waals surface area contributed by atoms with E-state index in [1.165, 1.54) is 0 Å². The number of carboxylic acid groups (broad SMARTS) is 1. The Morgan fingerprint density at radius 2 is 2.12 bits per heavy atom. The molecule has 4 N–H and O–H groups in total. The van der Waals surface area contributed by atoms with Gasteiger partial charge in [0, 0.05) is 13.0 Å². The maximum Gasteiger partial charge on any atom is 0.308 e. The number of carbonyl (C=O) groups excluding carboxylic acids is 1. The molecule has 1 aliphatic carbocycles. The largest absolute Gasteiger partial charge is 0.481 e. The lowest BCUT2D eigenvalue weighted by Crippen LogP contribution is -2.43. The van der Waals surface area contributed by atoms with Gasteiger partial charge in [0.1, 0.15) is 0 Å². The first kappa shape index (κ1) is 14.0. The van der Waals surface area contributed by atoms with Crippen LogP contribution in [-0.2, 0) is 9.59 Å². The fourth-order valence-corrected chi connectivity index (χ4v) is 2.18. The fourth-order valence-electron chi connectivity index (χ4n) is 2.18. The zero-order valence-electron chi connectivity index (χ0n) is 10.4. The molecule has 0 spiro atoms. The third kappa shape index (κ3) is 3.70. The fraction of sp³-hybridized carbons (Fsp3) is 0.833. The molecule has 0 radical (unpaired) electrons. The van der Waals surface area contributed by atoms with Crippen LogP contribution in [0.1, 0.15) is 39.0 Å². The topological polar surface area (TPSA) is 92.4 Å². The minimum Gasteiger partial charge on any atom is -0.481 e. The average Bonchev–Trinajstić information content (AvgIpc) is 2.24. The summed E-state index contributed by atoms with van der Waals surface area (Å²) in [6, 6.07) is 0. The van der Waals surface area contributed by atoms with Crippen molar-refractivity contribution in [2.45, 2.75) is 39.0 Å². The molecule has 1 saturated carbocycles. The highest BCUT2D eigenvalue weighted by Crippen LogP contribution is 2.42. The van der Waals surface area contributed by atoms with E-state index in [1.54, 1.807) is 6.92 Å². The second kappa shape index (κ2) is 6.00. The molecule has 98 valence electrons. The van der Waals surface area contributed by atoms with Gasteiger partial charge in [0.05, 0.1) is 5.92 Å². The standard InChI is InChI=1S/C12H22N2O3/c1-2-9(11(16)17)7-14-10(15)6-12(8-13)4-3-5-12/h9H,2-8,13H2,1H3,(H,14,15)(H,16,17). The molecule has 0 aromatic carbocycles. The molecule has 1 aliphatic rings. The summed E-state index contributed by atoms with van der Waals surface area (Å²) >= 11 is 0. The quantitative estimate of drug-likeness (QED) is 0.613. The first-order chi connectivity index (χ1) is 8.03. The van der Waals surface area contributed by atoms with Crippen LogP contribution in [0.5, 0.6) is 0 Å². The van der Waals surface area contributed by atoms with Crippen LogP contribution in [0.2, 0.25) is 0 Å². The lowest BCUT2D eigenvalue weighted by atomic mass is 9.66. The minimum absolute atomic E-state index is 0.0188. The summed E-state index contributed by atoms with van der Waals surface area (Å²) in [5, 5.41) is 11.5. The lowest BCUT2D eigenvalue weighted by molar-refractivity contribution is -0.141. The van der Waals surface area contributed by atoms with Crippen LogP contribution >= 0.6 is 0 Å². The highest BCUT2D eigenvalue weighted by atomic mass is 16.4. The molecule has 1 fully saturated rings. The smallest absolute Gasteiger partial charge is 0.308 e. The predicted molar refractivity (Wildman–Crippen MR) is 64.4 cm³/mol. The first-order valence-electron chi connectivity index (χ1n) is 6.22. The highest BCUT2D eigenvalue weighted by molar-refractivity contribution is 5.78. The molecular weight excluding hydrogens is 220 g/mol. The van der Waals surface area contributed by atoms with Gasteiger partial charge in [0.2, 0.25) is 5.91 Å². The average molecular weight is 242 g/mol. The summed E-state index contributed by atoms with van der Waals surface area (Å²) in [6.45, 7) is 2.56. The van der Waals surface area contributed by atoms with Gasteiger partial charge in [-0.1, -0.05) is 13.3 Å². The Kier molecular flexibility index (Phi) is 4.93. The van der Waals surface area contributed by atoms with E-state index >= 15 is 0 Å². The van der Waals surface area contributed by atoms with Crippen LogP contribution in [0.3, 0.4) is 0 Å². The highest BCUT2D eigenvalue weighted by Gasteiger charge is 2.37. The maximum atomic E-state index is 11.7. The first-order valence-corrected chi connectivity index (χ1v) is 6.22. The van der Waals surface area contributed by atoms with Gasteiger partial charge in [-0.15, -0.1) is 0 Å². The molecule has 0 aromatic heterocycles. The van der Waals surface area contributed by atoms with Gasteiger partial charge in [-0.25, -0.2) is 0 Å². The second-order valence-corrected chi connectivity index (χ2v) is 4.98. The Morgan fingerprint density at radius 1 is 1.47 bits per heavy atom. The number of amides is 1. The third-order valence-electron chi connectivity index (χ3n) is 3.77. The van der Waals surface area contributed by atoms with Gasteiger partial charge in [0.25, 0.3) is 0 Å². The van der Waals surface area contributed by atoms with Crippen molar-refractivity contribution >= 4 is 11.9 Å². The van der Waals surface area contributed by atoms with Crippen LogP contribution in [0.4, 0.5) is 0 Å². The molecule has 0 heterocycles. The van der Waals surface area contributed by atoms with Crippen molar-refractivity contribution < 1.29 is 14.7 Å². The molecule has 0 bridgehead atoms. The molecule has 1 unspecified atom stereocenters. The van der Waals surface area contributed by atoms with Crippen molar-refractivity contribution in [3.8, 4) is 0 Å². The lowest BCUT2D eigenvalue weighted by Gasteiger charge is -2.40. The Bertz CT molecular complexity index is 282. The van der Waals surface area contributed by atoms with Gasteiger partial charge in [0.15, 0.2) is 0 Å². The number of carboxylic acids is 1. The molecular formula is C12H22N2O3. The summed E-state index contributed by atoms with van der Waals surface area (Å²) in [7, 11) is 0. The number of aliphatic carboxylic acids is 1. The monoisotopic (exact) mass is 242 g/mol. The molecule has 1 amide bonds. The van der Waals surface area contributed by atoms with Crippen molar-refractivity contribution in [3.63, 3.8) is 0 Å². The molecule has 0 saturated heterocycles. The van der Waals surface area contributed by atoms with E-state index in [2.05, 4.69) is 5.32 Å². The number of nitrogens with two attached hydrogens (primary N) is 1. The SMILES string of the molecule is CCC(CNC(=O)CC1(CN)CCC1)C(=O)O. The summed E-state index contributed by atoms with van der Waals surface area (Å²) < 4.78 is 0. The van der Waals surface area contributed by atoms with Gasteiger partial charge < -0.3 is 16.2 Å². The Morgan fingerprint density at radius 3 is 2.47 bits per heavy atom. The zero-order valence-corrected chi connectivity index (χ0v) is 10.4. The van der Waals surface area contributed by atoms with Crippen molar-refractivity contribution in [3.05, 3.63) is 0 Å². The molecule has 5 heteroatoms. The number of hydrogen-bond donors (Lipinski definition) is 3. The van der Waals surface area contributed by atoms with E-state index in [0.29, 0.717) is 19.4 Å². The van der Waals surface area contributed by atoms with Crippen molar-refractivity contribution in [2.24, 2.45) is 17.1 Å². The molecule has 0 aromatic rings. The maximum absolute atomic E-state index is 11.7. The van der Waals surface area contributed by atoms with E-state index in [0.717, 1.165) is 19.3 Å². The van der Waals surface area contributed by atoms with Crippen LogP contribution in [0.15, 0.2) is 0 Å². The Balaban J connectivity index is 2.32. The van der Waals surface area contributed by atoms with E-state index in [-0.39, 0.29) is 17.9 Å². The summed E-state index contributed by atoms with van der Waals surface area (Å²) in [5.74, 6) is -1.42. The van der Waals surface area contributed by atoms with Crippen LogP contribution in [-0.4, -0.2) is 30.1 Å². The normalized spacial score (nSPS) is 19.2. The number of carbonyl (C=O) groups is 2. The van der Waals surface area contributed by atoms with Crippen molar-refractivity contribution in [1.29, 1.82) is 0 Å². The molecule has 1 atom stereocenters. The van der Waals surface area contributed by atoms with Crippen molar-refractivity contribution in [1.82, 2.24) is 5.32 Å². The van der Waals surface area contributed by atoms with Crippen LogP contribution in [0, 0.1) is 11.3 Å². The second-order valence-electron chi connectivity index (χ2n) is 4.98. The molecule has 0 aliphatic heterocycles. The van der Waals surface area contributed by atoms with Crippen LogP contribution < -0.4 is 11.1 Å².